The van der Waals surface area contributed by atoms with Crippen LogP contribution in [0.25, 0.3) is 21.8 Å². The van der Waals surface area contributed by atoms with Crippen LogP contribution in [-0.4, -0.2) is 28.0 Å². The van der Waals surface area contributed by atoms with E-state index < -0.39 is 5.92 Å². The van der Waals surface area contributed by atoms with Gasteiger partial charge in [0.05, 0.1) is 13.0 Å². The van der Waals surface area contributed by atoms with Crippen molar-refractivity contribution in [2.75, 3.05) is 7.11 Å². The average Bonchev–Trinajstić information content (AvgIpc) is 3.29. The molecular weight excluding hydrogens is 400 g/mol. The highest BCUT2D eigenvalue weighted by Crippen LogP contribution is 2.27. The van der Waals surface area contributed by atoms with E-state index in [4.69, 9.17) is 4.74 Å². The van der Waals surface area contributed by atoms with Crippen LogP contribution < -0.4 is 0 Å². The van der Waals surface area contributed by atoms with E-state index in [0.29, 0.717) is 12.8 Å². The Labute approximate surface area is 188 Å². The molecule has 0 bridgehead atoms. The molecular formula is C27H30N2O3. The number of carbonyl (C=O) groups excluding carboxylic acids is 2. The predicted molar refractivity (Wildman–Crippen MR) is 128 cm³/mol. The van der Waals surface area contributed by atoms with Crippen LogP contribution in [0.2, 0.25) is 0 Å². The lowest BCUT2D eigenvalue weighted by Gasteiger charge is -2.16. The molecule has 166 valence electrons. The summed E-state index contributed by atoms with van der Waals surface area (Å²) in [4.78, 5) is 25.7. The molecule has 2 aromatic carbocycles. The van der Waals surface area contributed by atoms with Gasteiger partial charge < -0.3 is 13.9 Å². The molecule has 0 saturated carbocycles. The number of benzene rings is 2. The number of ketones is 1. The van der Waals surface area contributed by atoms with Gasteiger partial charge in [0.15, 0.2) is 0 Å². The van der Waals surface area contributed by atoms with E-state index in [9.17, 15) is 9.59 Å². The SMILES string of the molecule is COC(=O)[C@@H](CC(=O)[C@@H](C)Cc1cn(C)c2ccccc12)Cc1cn(C)c2ccccc12. The summed E-state index contributed by atoms with van der Waals surface area (Å²) >= 11 is 0. The zero-order chi connectivity index (χ0) is 22.8. The number of fused-ring (bicyclic) bond motifs is 2. The van der Waals surface area contributed by atoms with Crippen LogP contribution in [0.3, 0.4) is 0 Å². The normalized spacial score (nSPS) is 13.4. The van der Waals surface area contributed by atoms with Crippen molar-refractivity contribution in [2.24, 2.45) is 25.9 Å². The average molecular weight is 431 g/mol. The molecule has 0 aliphatic rings. The molecule has 0 radical (unpaired) electrons. The fourth-order valence-electron chi connectivity index (χ4n) is 4.74. The molecule has 0 aliphatic carbocycles. The molecule has 2 atom stereocenters. The van der Waals surface area contributed by atoms with Crippen molar-refractivity contribution in [1.82, 2.24) is 9.13 Å². The van der Waals surface area contributed by atoms with Crippen molar-refractivity contribution in [1.29, 1.82) is 0 Å². The first-order chi connectivity index (χ1) is 15.4. The van der Waals surface area contributed by atoms with Crippen LogP contribution in [-0.2, 0) is 41.3 Å². The van der Waals surface area contributed by atoms with Crippen molar-refractivity contribution in [3.05, 3.63) is 72.1 Å². The molecule has 0 spiro atoms. The maximum atomic E-state index is 13.2. The van der Waals surface area contributed by atoms with Gasteiger partial charge >= 0.3 is 5.97 Å². The molecule has 32 heavy (non-hydrogen) atoms. The summed E-state index contributed by atoms with van der Waals surface area (Å²) in [6, 6.07) is 16.3. The van der Waals surface area contributed by atoms with E-state index in [1.165, 1.54) is 12.5 Å². The first-order valence-corrected chi connectivity index (χ1v) is 11.1. The van der Waals surface area contributed by atoms with Gasteiger partial charge in [0.2, 0.25) is 0 Å². The van der Waals surface area contributed by atoms with Crippen molar-refractivity contribution in [2.45, 2.75) is 26.2 Å². The van der Waals surface area contributed by atoms with Gasteiger partial charge in [0, 0.05) is 60.6 Å². The summed E-state index contributed by atoms with van der Waals surface area (Å²) < 4.78 is 9.22. The molecule has 0 saturated heterocycles. The van der Waals surface area contributed by atoms with E-state index in [-0.39, 0.29) is 24.1 Å². The molecule has 0 N–H and O–H groups in total. The molecule has 0 amide bonds. The number of carbonyl (C=O) groups is 2. The van der Waals surface area contributed by atoms with Gasteiger partial charge in [-0.2, -0.15) is 0 Å². The topological polar surface area (TPSA) is 53.2 Å². The van der Waals surface area contributed by atoms with Gasteiger partial charge in [-0.05, 0) is 36.1 Å². The number of aryl methyl sites for hydroxylation is 2. The standard InChI is InChI=1S/C27H30N2O3/c1-18(13-20-16-28(2)24-11-7-5-9-22(20)24)26(30)15-19(27(31)32-4)14-21-17-29(3)25-12-8-6-10-23(21)25/h5-12,16-19H,13-15H2,1-4H3/t18-,19+/m0/s1. The zero-order valence-corrected chi connectivity index (χ0v) is 19.2. The van der Waals surface area contributed by atoms with E-state index in [1.54, 1.807) is 0 Å². The number of Topliss-reactive ketones (excluding diaryl/α,β-unsaturated/α-hetero) is 1. The summed E-state index contributed by atoms with van der Waals surface area (Å²) in [5, 5.41) is 2.29. The summed E-state index contributed by atoms with van der Waals surface area (Å²) in [5.74, 6) is -0.911. The van der Waals surface area contributed by atoms with Gasteiger partial charge in [-0.1, -0.05) is 43.3 Å². The maximum Gasteiger partial charge on any atom is 0.309 e. The Balaban J connectivity index is 1.52. The van der Waals surface area contributed by atoms with Crippen LogP contribution in [0.15, 0.2) is 60.9 Å². The molecule has 2 aromatic heterocycles. The lowest BCUT2D eigenvalue weighted by Crippen LogP contribution is -2.25. The summed E-state index contributed by atoms with van der Waals surface area (Å²) in [5.41, 5.74) is 4.49. The van der Waals surface area contributed by atoms with Gasteiger partial charge in [-0.15, -0.1) is 0 Å². The van der Waals surface area contributed by atoms with E-state index >= 15 is 0 Å². The molecule has 5 nitrogen and oxygen atoms in total. The lowest BCUT2D eigenvalue weighted by atomic mass is 9.88. The summed E-state index contributed by atoms with van der Waals surface area (Å²) in [7, 11) is 5.41. The van der Waals surface area contributed by atoms with Crippen molar-refractivity contribution in [3.8, 4) is 0 Å². The highest BCUT2D eigenvalue weighted by atomic mass is 16.5. The maximum absolute atomic E-state index is 13.2. The predicted octanol–water partition coefficient (Wildman–Crippen LogP) is 4.84. The van der Waals surface area contributed by atoms with Crippen LogP contribution >= 0.6 is 0 Å². The molecule has 0 aliphatic heterocycles. The Morgan fingerprint density at radius 3 is 1.88 bits per heavy atom. The molecule has 5 heteroatoms. The van der Waals surface area contributed by atoms with E-state index in [0.717, 1.165) is 27.5 Å². The minimum atomic E-state index is -0.492. The highest BCUT2D eigenvalue weighted by molar-refractivity contribution is 5.89. The zero-order valence-electron chi connectivity index (χ0n) is 19.2. The second-order valence-electron chi connectivity index (χ2n) is 8.76. The van der Waals surface area contributed by atoms with E-state index in [2.05, 4.69) is 39.6 Å². The minimum absolute atomic E-state index is 0.0913. The molecule has 0 fully saturated rings. The van der Waals surface area contributed by atoms with Gasteiger partial charge in [-0.3, -0.25) is 9.59 Å². The number of methoxy groups -OCH3 is 1. The fraction of sp³-hybridized carbons (Fsp3) is 0.333. The highest BCUT2D eigenvalue weighted by Gasteiger charge is 2.27. The number of aromatic nitrogens is 2. The lowest BCUT2D eigenvalue weighted by molar-refractivity contribution is -0.147. The molecule has 4 aromatic rings. The number of hydrogen-bond acceptors (Lipinski definition) is 3. The van der Waals surface area contributed by atoms with Crippen LogP contribution in [0.1, 0.15) is 24.5 Å². The smallest absolute Gasteiger partial charge is 0.309 e. The quantitative estimate of drug-likeness (QED) is 0.376. The first-order valence-electron chi connectivity index (χ1n) is 11.1. The third-order valence-electron chi connectivity index (χ3n) is 6.48. The largest absolute Gasteiger partial charge is 0.469 e. The Kier molecular flexibility index (Phi) is 6.17. The summed E-state index contributed by atoms with van der Waals surface area (Å²) in [6.07, 6.45) is 5.47. The monoisotopic (exact) mass is 430 g/mol. The Hall–Kier alpha value is -3.34. The van der Waals surface area contributed by atoms with Crippen LogP contribution in [0, 0.1) is 11.8 Å². The second kappa shape index (κ2) is 9.03. The fourth-order valence-corrected chi connectivity index (χ4v) is 4.74. The molecule has 4 rings (SSSR count). The van der Waals surface area contributed by atoms with Crippen LogP contribution in [0.5, 0.6) is 0 Å². The minimum Gasteiger partial charge on any atom is -0.469 e. The third kappa shape index (κ3) is 4.20. The number of ether oxygens (including phenoxy) is 1. The van der Waals surface area contributed by atoms with Crippen LogP contribution in [0.4, 0.5) is 0 Å². The van der Waals surface area contributed by atoms with Gasteiger partial charge in [-0.25, -0.2) is 0 Å². The Bertz CT molecular complexity index is 1280. The second-order valence-corrected chi connectivity index (χ2v) is 8.76. The summed E-state index contributed by atoms with van der Waals surface area (Å²) in [6.45, 7) is 1.95. The Morgan fingerprint density at radius 2 is 1.34 bits per heavy atom. The molecule has 0 unspecified atom stereocenters. The van der Waals surface area contributed by atoms with Crippen molar-refractivity contribution < 1.29 is 14.3 Å². The number of para-hydroxylation sites is 2. The first kappa shape index (κ1) is 21.9. The number of esters is 1. The molecule has 2 heterocycles. The third-order valence-corrected chi connectivity index (χ3v) is 6.48. The van der Waals surface area contributed by atoms with E-state index in [1.807, 2.05) is 51.5 Å². The van der Waals surface area contributed by atoms with Crippen molar-refractivity contribution >= 4 is 33.6 Å². The van der Waals surface area contributed by atoms with Crippen molar-refractivity contribution in [3.63, 3.8) is 0 Å². The number of rotatable bonds is 8. The van der Waals surface area contributed by atoms with Gasteiger partial charge in [0.25, 0.3) is 0 Å². The Morgan fingerprint density at radius 1 is 0.844 bits per heavy atom. The number of nitrogens with zero attached hydrogens (tertiary/aromatic N) is 2. The number of hydrogen-bond donors (Lipinski definition) is 0. The van der Waals surface area contributed by atoms with Gasteiger partial charge in [0.1, 0.15) is 5.78 Å².